The van der Waals surface area contributed by atoms with Crippen molar-refractivity contribution < 1.29 is 32.5 Å². The van der Waals surface area contributed by atoms with Gasteiger partial charge in [-0.3, -0.25) is 0 Å². The number of nitrogens with zero attached hydrogens (tertiary/aromatic N) is 1. The fraction of sp³-hybridized carbons (Fsp3) is 0.650. The molecule has 2 fully saturated rings. The van der Waals surface area contributed by atoms with Crippen molar-refractivity contribution in [2.45, 2.75) is 38.0 Å². The number of hydrogen-bond donors (Lipinski definition) is 1. The van der Waals surface area contributed by atoms with Gasteiger partial charge in [-0.2, -0.15) is 13.2 Å². The molecular weight excluding hydrogens is 375 g/mol. The van der Waals surface area contributed by atoms with Crippen molar-refractivity contribution >= 4 is 5.97 Å². The smallest absolute Gasteiger partial charge is 0.490 e. The van der Waals surface area contributed by atoms with Crippen molar-refractivity contribution in [3.05, 3.63) is 29.8 Å². The molecule has 1 saturated heterocycles. The second-order valence-electron chi connectivity index (χ2n) is 7.48. The Bertz CT molecular complexity index is 617. The normalized spacial score (nSPS) is 22.9. The number of ether oxygens (including phenoxy) is 2. The average molecular weight is 403 g/mol. The van der Waals surface area contributed by atoms with Crippen LogP contribution in [0, 0.1) is 11.8 Å². The Morgan fingerprint density at radius 2 is 1.82 bits per heavy atom. The van der Waals surface area contributed by atoms with Gasteiger partial charge in [0.1, 0.15) is 5.75 Å². The maximum Gasteiger partial charge on any atom is 0.490 e. The molecular formula is C20H28F3NO4. The first-order valence-electron chi connectivity index (χ1n) is 9.42. The van der Waals surface area contributed by atoms with E-state index in [9.17, 15) is 13.2 Å². The van der Waals surface area contributed by atoms with Crippen LogP contribution in [0.5, 0.6) is 5.75 Å². The Labute approximate surface area is 163 Å². The van der Waals surface area contributed by atoms with Crippen molar-refractivity contribution in [3.63, 3.8) is 0 Å². The van der Waals surface area contributed by atoms with Gasteiger partial charge in [-0.1, -0.05) is 12.1 Å². The monoisotopic (exact) mass is 403 g/mol. The fourth-order valence-corrected chi connectivity index (χ4v) is 3.22. The van der Waals surface area contributed by atoms with Gasteiger partial charge in [-0.05, 0) is 56.3 Å². The second kappa shape index (κ2) is 10.1. The maximum absolute atomic E-state index is 10.6. The molecule has 0 radical (unpaired) electrons. The number of likely N-dealkylation sites (tertiary alicyclic amines) is 1. The number of hydrogen-bond acceptors (Lipinski definition) is 4. The molecule has 8 heteroatoms. The lowest BCUT2D eigenvalue weighted by Gasteiger charge is -2.37. The number of carboxylic acids is 1. The standard InChI is InChI=1S/C18H27NO2.C2HF3O2/c1-19-10-9-18(21-13-15-3-4-15)16(12-19)11-14-5-7-17(20-2)8-6-14;3-2(4,5)1(6)7/h5-8,15-16,18H,3-4,9-13H2,1-2H3;(H,6,7)/t16-,18+;/m0./s1. The van der Waals surface area contributed by atoms with Crippen LogP contribution in [-0.2, 0) is 16.0 Å². The number of carbonyl (C=O) groups is 1. The van der Waals surface area contributed by atoms with Crippen LogP contribution in [0.3, 0.4) is 0 Å². The van der Waals surface area contributed by atoms with Gasteiger partial charge in [0.2, 0.25) is 0 Å². The number of methoxy groups -OCH3 is 1. The van der Waals surface area contributed by atoms with Crippen molar-refractivity contribution in [1.29, 1.82) is 0 Å². The summed E-state index contributed by atoms with van der Waals surface area (Å²) in [6.07, 6.45) is 0.364. The Morgan fingerprint density at radius 3 is 2.32 bits per heavy atom. The molecule has 0 aromatic heterocycles. The summed E-state index contributed by atoms with van der Waals surface area (Å²) < 4.78 is 43.2. The molecule has 0 bridgehead atoms. The Kier molecular flexibility index (Phi) is 8.12. The predicted molar refractivity (Wildman–Crippen MR) is 98.5 cm³/mol. The summed E-state index contributed by atoms with van der Waals surface area (Å²) in [5, 5.41) is 7.12. The summed E-state index contributed by atoms with van der Waals surface area (Å²) >= 11 is 0. The molecule has 0 spiro atoms. The molecule has 0 amide bonds. The molecule has 2 aliphatic rings. The summed E-state index contributed by atoms with van der Waals surface area (Å²) in [4.78, 5) is 11.3. The number of alkyl halides is 3. The van der Waals surface area contributed by atoms with Crippen LogP contribution in [-0.4, -0.2) is 62.1 Å². The highest BCUT2D eigenvalue weighted by Crippen LogP contribution is 2.31. The lowest BCUT2D eigenvalue weighted by molar-refractivity contribution is -0.192. The largest absolute Gasteiger partial charge is 0.497 e. The second-order valence-corrected chi connectivity index (χ2v) is 7.48. The number of piperidine rings is 1. The maximum atomic E-state index is 10.6. The van der Waals surface area contributed by atoms with E-state index in [1.54, 1.807) is 7.11 Å². The molecule has 1 heterocycles. The first kappa shape index (κ1) is 22.5. The zero-order valence-electron chi connectivity index (χ0n) is 16.2. The molecule has 158 valence electrons. The Morgan fingerprint density at radius 1 is 1.21 bits per heavy atom. The minimum Gasteiger partial charge on any atom is -0.497 e. The van der Waals surface area contributed by atoms with Crippen LogP contribution < -0.4 is 4.74 Å². The molecule has 1 N–H and O–H groups in total. The van der Waals surface area contributed by atoms with E-state index in [1.165, 1.54) is 24.8 Å². The summed E-state index contributed by atoms with van der Waals surface area (Å²) in [5.41, 5.74) is 1.39. The molecule has 1 aromatic carbocycles. The van der Waals surface area contributed by atoms with E-state index in [-0.39, 0.29) is 0 Å². The van der Waals surface area contributed by atoms with Gasteiger partial charge in [0.25, 0.3) is 0 Å². The van der Waals surface area contributed by atoms with Gasteiger partial charge in [0.05, 0.1) is 13.2 Å². The minimum atomic E-state index is -5.08. The average Bonchev–Trinajstić information content (AvgIpc) is 3.46. The van der Waals surface area contributed by atoms with Gasteiger partial charge in [0.15, 0.2) is 0 Å². The minimum absolute atomic E-state index is 0.434. The highest BCUT2D eigenvalue weighted by atomic mass is 19.4. The molecule has 3 rings (SSSR count). The summed E-state index contributed by atoms with van der Waals surface area (Å²) in [6.45, 7) is 3.28. The van der Waals surface area contributed by atoms with Crippen LogP contribution in [0.2, 0.25) is 0 Å². The number of halogens is 3. The quantitative estimate of drug-likeness (QED) is 0.786. The summed E-state index contributed by atoms with van der Waals surface area (Å²) in [6, 6.07) is 8.49. The SMILES string of the molecule is COc1ccc(C[C@H]2CN(C)CC[C@H]2OCC2CC2)cc1.O=C(O)C(F)(F)F. The van der Waals surface area contributed by atoms with Crippen molar-refractivity contribution in [1.82, 2.24) is 4.90 Å². The summed E-state index contributed by atoms with van der Waals surface area (Å²) in [7, 11) is 3.94. The Balaban J connectivity index is 0.000000345. The van der Waals surface area contributed by atoms with Gasteiger partial charge in [-0.25, -0.2) is 4.79 Å². The zero-order chi connectivity index (χ0) is 20.7. The lowest BCUT2D eigenvalue weighted by atomic mass is 9.88. The third-order valence-corrected chi connectivity index (χ3v) is 5.01. The zero-order valence-corrected chi connectivity index (χ0v) is 16.2. The molecule has 1 aliphatic heterocycles. The number of rotatable bonds is 6. The van der Waals surface area contributed by atoms with Crippen LogP contribution in [0.1, 0.15) is 24.8 Å². The van der Waals surface area contributed by atoms with E-state index in [1.807, 2.05) is 0 Å². The van der Waals surface area contributed by atoms with Crippen molar-refractivity contribution in [2.24, 2.45) is 11.8 Å². The fourth-order valence-electron chi connectivity index (χ4n) is 3.22. The molecule has 1 saturated carbocycles. The number of benzene rings is 1. The highest BCUT2D eigenvalue weighted by molar-refractivity contribution is 5.73. The van der Waals surface area contributed by atoms with Crippen LogP contribution in [0.4, 0.5) is 13.2 Å². The third kappa shape index (κ3) is 7.67. The van der Waals surface area contributed by atoms with E-state index < -0.39 is 12.1 Å². The van der Waals surface area contributed by atoms with Crippen molar-refractivity contribution in [3.8, 4) is 5.75 Å². The topological polar surface area (TPSA) is 59.0 Å². The molecule has 1 aromatic rings. The van der Waals surface area contributed by atoms with Gasteiger partial charge in [0, 0.05) is 25.6 Å². The van der Waals surface area contributed by atoms with Crippen molar-refractivity contribution in [2.75, 3.05) is 33.9 Å². The van der Waals surface area contributed by atoms with Crippen LogP contribution in [0.15, 0.2) is 24.3 Å². The van der Waals surface area contributed by atoms with Gasteiger partial charge < -0.3 is 19.5 Å². The van der Waals surface area contributed by atoms with E-state index in [4.69, 9.17) is 19.4 Å². The van der Waals surface area contributed by atoms with E-state index >= 15 is 0 Å². The lowest BCUT2D eigenvalue weighted by Crippen LogP contribution is -2.43. The van der Waals surface area contributed by atoms with Gasteiger partial charge >= 0.3 is 12.1 Å². The summed E-state index contributed by atoms with van der Waals surface area (Å²) in [5.74, 6) is -0.365. The van der Waals surface area contributed by atoms with Crippen LogP contribution in [0.25, 0.3) is 0 Å². The van der Waals surface area contributed by atoms with E-state index in [2.05, 4.69) is 36.2 Å². The molecule has 0 unspecified atom stereocenters. The molecule has 28 heavy (non-hydrogen) atoms. The highest BCUT2D eigenvalue weighted by Gasteiger charge is 2.38. The molecule has 2 atom stereocenters. The first-order chi connectivity index (χ1) is 13.2. The van der Waals surface area contributed by atoms with Gasteiger partial charge in [-0.15, -0.1) is 0 Å². The first-order valence-corrected chi connectivity index (χ1v) is 9.42. The van der Waals surface area contributed by atoms with E-state index in [0.717, 1.165) is 37.8 Å². The molecule has 5 nitrogen and oxygen atoms in total. The molecule has 1 aliphatic carbocycles. The number of carboxylic acid groups (broad SMARTS) is 1. The Hall–Kier alpha value is -1.80. The predicted octanol–water partition coefficient (Wildman–Crippen LogP) is 3.62. The van der Waals surface area contributed by atoms with E-state index in [0.29, 0.717) is 12.0 Å². The van der Waals surface area contributed by atoms with Crippen LogP contribution >= 0.6 is 0 Å². The number of aliphatic carboxylic acids is 1. The third-order valence-electron chi connectivity index (χ3n) is 5.01.